The molecule has 1 aliphatic carbocycles. The SMILES string of the molecule is C=C1CCCC(C)(C)C1C(O)C=CC. The summed E-state index contributed by atoms with van der Waals surface area (Å²) >= 11 is 0. The molecule has 0 bridgehead atoms. The Labute approximate surface area is 87.5 Å². The molecule has 80 valence electrons. The van der Waals surface area contributed by atoms with Crippen LogP contribution < -0.4 is 0 Å². The molecule has 0 spiro atoms. The van der Waals surface area contributed by atoms with Gasteiger partial charge >= 0.3 is 0 Å². The zero-order valence-corrected chi connectivity index (χ0v) is 9.59. The number of aliphatic hydroxyl groups excluding tert-OH is 1. The largest absolute Gasteiger partial charge is 0.388 e. The molecule has 1 nitrogen and oxygen atoms in total. The van der Waals surface area contributed by atoms with Gasteiger partial charge in [-0.2, -0.15) is 0 Å². The van der Waals surface area contributed by atoms with Crippen molar-refractivity contribution in [3.63, 3.8) is 0 Å². The van der Waals surface area contributed by atoms with Crippen LogP contribution in [0, 0.1) is 11.3 Å². The average molecular weight is 194 g/mol. The lowest BCUT2D eigenvalue weighted by Crippen LogP contribution is -2.37. The first-order valence-corrected chi connectivity index (χ1v) is 5.47. The molecule has 0 radical (unpaired) electrons. The van der Waals surface area contributed by atoms with E-state index in [2.05, 4.69) is 20.4 Å². The molecule has 0 saturated heterocycles. The van der Waals surface area contributed by atoms with Crippen molar-refractivity contribution in [3.05, 3.63) is 24.3 Å². The number of hydrogen-bond donors (Lipinski definition) is 1. The topological polar surface area (TPSA) is 20.2 Å². The maximum absolute atomic E-state index is 10.0. The molecule has 2 atom stereocenters. The molecule has 1 aliphatic rings. The first-order valence-electron chi connectivity index (χ1n) is 5.47. The van der Waals surface area contributed by atoms with E-state index in [1.807, 2.05) is 19.1 Å². The van der Waals surface area contributed by atoms with Gasteiger partial charge in [0.25, 0.3) is 0 Å². The molecule has 0 amide bonds. The summed E-state index contributed by atoms with van der Waals surface area (Å²) in [4.78, 5) is 0. The fraction of sp³-hybridized carbons (Fsp3) is 0.692. The van der Waals surface area contributed by atoms with Gasteiger partial charge < -0.3 is 5.11 Å². The van der Waals surface area contributed by atoms with E-state index in [1.165, 1.54) is 18.4 Å². The zero-order valence-electron chi connectivity index (χ0n) is 9.59. The number of allylic oxidation sites excluding steroid dienone is 1. The zero-order chi connectivity index (χ0) is 10.8. The summed E-state index contributed by atoms with van der Waals surface area (Å²) in [5.74, 6) is 0.229. The molecular weight excluding hydrogens is 172 g/mol. The standard InChI is InChI=1S/C13H22O/c1-5-7-11(14)12-10(2)8-6-9-13(12,3)4/h5,7,11-12,14H,2,6,8-9H2,1,3-4H3. The highest BCUT2D eigenvalue weighted by atomic mass is 16.3. The highest BCUT2D eigenvalue weighted by molar-refractivity contribution is 5.14. The Bertz CT molecular complexity index is 238. The van der Waals surface area contributed by atoms with Gasteiger partial charge in [-0.05, 0) is 31.6 Å². The molecule has 1 rings (SSSR count). The average Bonchev–Trinajstić information content (AvgIpc) is 2.02. The van der Waals surface area contributed by atoms with Gasteiger partial charge in [-0.3, -0.25) is 0 Å². The van der Waals surface area contributed by atoms with E-state index < -0.39 is 0 Å². The lowest BCUT2D eigenvalue weighted by Gasteiger charge is -2.42. The Morgan fingerprint density at radius 3 is 2.71 bits per heavy atom. The lowest BCUT2D eigenvalue weighted by molar-refractivity contribution is 0.0675. The summed E-state index contributed by atoms with van der Waals surface area (Å²) in [6.45, 7) is 10.5. The van der Waals surface area contributed by atoms with E-state index in [4.69, 9.17) is 0 Å². The molecule has 1 heteroatoms. The van der Waals surface area contributed by atoms with Crippen molar-refractivity contribution in [2.24, 2.45) is 11.3 Å². The van der Waals surface area contributed by atoms with Gasteiger partial charge in [0.05, 0.1) is 6.10 Å². The minimum absolute atomic E-state index is 0.189. The van der Waals surface area contributed by atoms with Gasteiger partial charge in [0.15, 0.2) is 0 Å². The van der Waals surface area contributed by atoms with Gasteiger partial charge in [0.2, 0.25) is 0 Å². The third-order valence-electron chi connectivity index (χ3n) is 3.33. The van der Waals surface area contributed by atoms with E-state index in [0.29, 0.717) is 0 Å². The van der Waals surface area contributed by atoms with Crippen LogP contribution >= 0.6 is 0 Å². The van der Waals surface area contributed by atoms with Crippen molar-refractivity contribution >= 4 is 0 Å². The second-order valence-electron chi connectivity index (χ2n) is 4.99. The summed E-state index contributed by atoms with van der Waals surface area (Å²) in [7, 11) is 0. The second kappa shape index (κ2) is 4.31. The Morgan fingerprint density at radius 2 is 2.21 bits per heavy atom. The number of aliphatic hydroxyl groups is 1. The minimum atomic E-state index is -0.359. The van der Waals surface area contributed by atoms with Crippen molar-refractivity contribution in [1.82, 2.24) is 0 Å². The van der Waals surface area contributed by atoms with E-state index in [0.717, 1.165) is 6.42 Å². The highest BCUT2D eigenvalue weighted by Gasteiger charge is 2.37. The molecule has 0 heterocycles. The van der Waals surface area contributed by atoms with Crippen LogP contribution in [0.3, 0.4) is 0 Å². The van der Waals surface area contributed by atoms with Crippen molar-refractivity contribution in [1.29, 1.82) is 0 Å². The molecule has 0 aliphatic heterocycles. The third-order valence-corrected chi connectivity index (χ3v) is 3.33. The van der Waals surface area contributed by atoms with E-state index in [-0.39, 0.29) is 17.4 Å². The van der Waals surface area contributed by atoms with Gasteiger partial charge in [0.1, 0.15) is 0 Å². The number of hydrogen-bond acceptors (Lipinski definition) is 1. The monoisotopic (exact) mass is 194 g/mol. The maximum atomic E-state index is 10.0. The van der Waals surface area contributed by atoms with Crippen LogP contribution in [0.15, 0.2) is 24.3 Å². The van der Waals surface area contributed by atoms with Crippen molar-refractivity contribution < 1.29 is 5.11 Å². The summed E-state index contributed by atoms with van der Waals surface area (Å²) in [6.07, 6.45) is 6.91. The second-order valence-corrected chi connectivity index (χ2v) is 4.99. The fourth-order valence-electron chi connectivity index (χ4n) is 2.65. The molecule has 0 aromatic rings. The predicted molar refractivity (Wildman–Crippen MR) is 61.1 cm³/mol. The van der Waals surface area contributed by atoms with Crippen molar-refractivity contribution in [3.8, 4) is 0 Å². The van der Waals surface area contributed by atoms with Crippen LogP contribution in [-0.2, 0) is 0 Å². The van der Waals surface area contributed by atoms with Crippen LogP contribution in [0.1, 0.15) is 40.0 Å². The van der Waals surface area contributed by atoms with Crippen LogP contribution in [0.4, 0.5) is 0 Å². The van der Waals surface area contributed by atoms with Crippen molar-refractivity contribution in [2.45, 2.75) is 46.1 Å². The van der Waals surface area contributed by atoms with Gasteiger partial charge in [0, 0.05) is 5.92 Å². The molecule has 1 saturated carbocycles. The quantitative estimate of drug-likeness (QED) is 0.669. The molecule has 0 aromatic carbocycles. The maximum Gasteiger partial charge on any atom is 0.0791 e. The molecular formula is C13H22O. The summed E-state index contributed by atoms with van der Waals surface area (Å²) in [5, 5.41) is 10.0. The van der Waals surface area contributed by atoms with Crippen molar-refractivity contribution in [2.75, 3.05) is 0 Å². The Morgan fingerprint density at radius 1 is 1.57 bits per heavy atom. The Kier molecular flexibility index (Phi) is 3.54. The first kappa shape index (κ1) is 11.5. The smallest absolute Gasteiger partial charge is 0.0791 e. The summed E-state index contributed by atoms with van der Waals surface area (Å²) in [5.41, 5.74) is 1.40. The number of rotatable bonds is 2. The summed E-state index contributed by atoms with van der Waals surface area (Å²) < 4.78 is 0. The predicted octanol–water partition coefficient (Wildman–Crippen LogP) is 3.31. The van der Waals surface area contributed by atoms with Gasteiger partial charge in [-0.1, -0.05) is 38.2 Å². The van der Waals surface area contributed by atoms with E-state index in [1.54, 1.807) is 0 Å². The third kappa shape index (κ3) is 2.27. The van der Waals surface area contributed by atoms with Crippen LogP contribution in [0.2, 0.25) is 0 Å². The lowest BCUT2D eigenvalue weighted by atomic mass is 9.64. The highest BCUT2D eigenvalue weighted by Crippen LogP contribution is 2.44. The normalized spacial score (nSPS) is 29.4. The molecule has 1 fully saturated rings. The summed E-state index contributed by atoms with van der Waals surface area (Å²) in [6, 6.07) is 0. The van der Waals surface area contributed by atoms with Crippen LogP contribution in [-0.4, -0.2) is 11.2 Å². The fourth-order valence-corrected chi connectivity index (χ4v) is 2.65. The van der Waals surface area contributed by atoms with E-state index in [9.17, 15) is 5.11 Å². The molecule has 14 heavy (non-hydrogen) atoms. The van der Waals surface area contributed by atoms with E-state index >= 15 is 0 Å². The Hall–Kier alpha value is -0.560. The van der Waals surface area contributed by atoms with Gasteiger partial charge in [-0.15, -0.1) is 0 Å². The van der Waals surface area contributed by atoms with Crippen LogP contribution in [0.5, 0.6) is 0 Å². The minimum Gasteiger partial charge on any atom is -0.388 e. The molecule has 2 unspecified atom stereocenters. The Balaban J connectivity index is 2.84. The first-order chi connectivity index (χ1) is 6.49. The van der Waals surface area contributed by atoms with Crippen LogP contribution in [0.25, 0.3) is 0 Å². The molecule has 1 N–H and O–H groups in total. The van der Waals surface area contributed by atoms with Gasteiger partial charge in [-0.25, -0.2) is 0 Å². The molecule has 0 aromatic heterocycles.